The summed E-state index contributed by atoms with van der Waals surface area (Å²) in [6, 6.07) is 14.5. The fourth-order valence-electron chi connectivity index (χ4n) is 4.16. The van der Waals surface area contributed by atoms with Gasteiger partial charge in [0.1, 0.15) is 11.9 Å². The molecule has 4 heteroatoms. The molecule has 1 aromatic carbocycles. The van der Waals surface area contributed by atoms with Crippen LogP contribution in [0.1, 0.15) is 44.1 Å². The number of ether oxygens (including phenoxy) is 1. The van der Waals surface area contributed by atoms with Crippen molar-refractivity contribution in [3.63, 3.8) is 0 Å². The van der Waals surface area contributed by atoms with E-state index in [-0.39, 0.29) is 0 Å². The minimum absolute atomic E-state index is 0.301. The SMILES string of the molecule is N#Cc1ccc(-c2ccc(OC3CCN(C4CCCC4)CC3)cn2)cc1. The molecule has 134 valence electrons. The molecule has 1 aliphatic heterocycles. The lowest BCUT2D eigenvalue weighted by Gasteiger charge is -2.35. The second kappa shape index (κ2) is 7.88. The lowest BCUT2D eigenvalue weighted by atomic mass is 10.0. The summed E-state index contributed by atoms with van der Waals surface area (Å²) in [5.41, 5.74) is 2.58. The third-order valence-corrected chi connectivity index (χ3v) is 5.67. The molecule has 4 nitrogen and oxygen atoms in total. The van der Waals surface area contributed by atoms with E-state index in [4.69, 9.17) is 10.00 Å². The Morgan fingerprint density at radius 3 is 2.31 bits per heavy atom. The van der Waals surface area contributed by atoms with Crippen LogP contribution in [-0.2, 0) is 0 Å². The van der Waals surface area contributed by atoms with Crippen molar-refractivity contribution in [3.8, 4) is 23.1 Å². The Labute approximate surface area is 155 Å². The van der Waals surface area contributed by atoms with Gasteiger partial charge in [0.15, 0.2) is 0 Å². The molecule has 0 N–H and O–H groups in total. The fraction of sp³-hybridized carbons (Fsp3) is 0.455. The summed E-state index contributed by atoms with van der Waals surface area (Å²) in [5, 5.41) is 8.88. The zero-order valence-electron chi connectivity index (χ0n) is 15.1. The van der Waals surface area contributed by atoms with Crippen LogP contribution in [0.4, 0.5) is 0 Å². The highest BCUT2D eigenvalue weighted by Gasteiger charge is 2.27. The number of hydrogen-bond acceptors (Lipinski definition) is 4. The molecule has 26 heavy (non-hydrogen) atoms. The molecule has 1 aromatic heterocycles. The summed E-state index contributed by atoms with van der Waals surface area (Å²) in [7, 11) is 0. The molecule has 1 aliphatic carbocycles. The van der Waals surface area contributed by atoms with Gasteiger partial charge in [-0.05, 0) is 49.9 Å². The number of aromatic nitrogens is 1. The van der Waals surface area contributed by atoms with Crippen molar-refractivity contribution in [1.82, 2.24) is 9.88 Å². The zero-order chi connectivity index (χ0) is 17.8. The lowest BCUT2D eigenvalue weighted by molar-refractivity contribution is 0.0766. The van der Waals surface area contributed by atoms with Crippen molar-refractivity contribution in [1.29, 1.82) is 5.26 Å². The van der Waals surface area contributed by atoms with Gasteiger partial charge in [-0.25, -0.2) is 0 Å². The predicted octanol–water partition coefficient (Wildman–Crippen LogP) is 4.41. The summed E-state index contributed by atoms with van der Waals surface area (Å²) < 4.78 is 6.16. The summed E-state index contributed by atoms with van der Waals surface area (Å²) in [4.78, 5) is 7.20. The second-order valence-corrected chi connectivity index (χ2v) is 7.36. The first-order valence-corrected chi connectivity index (χ1v) is 9.69. The van der Waals surface area contributed by atoms with E-state index in [1.165, 1.54) is 25.7 Å². The first-order chi connectivity index (χ1) is 12.8. The highest BCUT2D eigenvalue weighted by molar-refractivity contribution is 5.60. The van der Waals surface area contributed by atoms with Gasteiger partial charge in [-0.3, -0.25) is 4.98 Å². The predicted molar refractivity (Wildman–Crippen MR) is 102 cm³/mol. The van der Waals surface area contributed by atoms with Crippen molar-refractivity contribution in [2.45, 2.75) is 50.7 Å². The Kier molecular flexibility index (Phi) is 5.17. The summed E-state index contributed by atoms with van der Waals surface area (Å²) in [6.45, 7) is 2.32. The Morgan fingerprint density at radius 1 is 0.962 bits per heavy atom. The molecule has 2 heterocycles. The molecule has 2 aliphatic rings. The van der Waals surface area contributed by atoms with E-state index < -0.39 is 0 Å². The summed E-state index contributed by atoms with van der Waals surface area (Å²) >= 11 is 0. The minimum atomic E-state index is 0.301. The normalized spacial score (nSPS) is 19.3. The van der Waals surface area contributed by atoms with Crippen molar-refractivity contribution < 1.29 is 4.74 Å². The van der Waals surface area contributed by atoms with Crippen LogP contribution < -0.4 is 4.74 Å². The Bertz CT molecular complexity index is 749. The van der Waals surface area contributed by atoms with Crippen LogP contribution in [0.2, 0.25) is 0 Å². The molecule has 4 rings (SSSR count). The molecule has 0 bridgehead atoms. The first kappa shape index (κ1) is 17.1. The number of rotatable bonds is 4. The Morgan fingerprint density at radius 2 is 1.69 bits per heavy atom. The number of hydrogen-bond donors (Lipinski definition) is 0. The smallest absolute Gasteiger partial charge is 0.138 e. The standard InChI is InChI=1S/C22H25N3O/c23-15-17-5-7-18(8-6-17)22-10-9-21(16-24-22)26-20-11-13-25(14-12-20)19-3-1-2-4-19/h5-10,16,19-20H,1-4,11-14H2. The minimum Gasteiger partial charge on any atom is -0.489 e. The molecule has 1 saturated carbocycles. The highest BCUT2D eigenvalue weighted by Crippen LogP contribution is 2.28. The van der Waals surface area contributed by atoms with E-state index in [0.29, 0.717) is 11.7 Å². The van der Waals surface area contributed by atoms with E-state index in [1.807, 2.05) is 42.6 Å². The van der Waals surface area contributed by atoms with Gasteiger partial charge in [-0.15, -0.1) is 0 Å². The van der Waals surface area contributed by atoms with E-state index in [0.717, 1.165) is 49.0 Å². The first-order valence-electron chi connectivity index (χ1n) is 9.69. The van der Waals surface area contributed by atoms with Crippen LogP contribution in [-0.4, -0.2) is 35.1 Å². The van der Waals surface area contributed by atoms with Crippen LogP contribution in [0.5, 0.6) is 5.75 Å². The number of nitrogens with zero attached hydrogens (tertiary/aromatic N) is 3. The van der Waals surface area contributed by atoms with E-state index in [2.05, 4.69) is 16.0 Å². The molecule has 0 amide bonds. The van der Waals surface area contributed by atoms with Gasteiger partial charge >= 0.3 is 0 Å². The van der Waals surface area contributed by atoms with Crippen molar-refractivity contribution in [2.75, 3.05) is 13.1 Å². The molecule has 2 aromatic rings. The maximum Gasteiger partial charge on any atom is 0.138 e. The van der Waals surface area contributed by atoms with Gasteiger partial charge in [-0.2, -0.15) is 5.26 Å². The van der Waals surface area contributed by atoms with Gasteiger partial charge in [0.25, 0.3) is 0 Å². The average molecular weight is 347 g/mol. The zero-order valence-corrected chi connectivity index (χ0v) is 15.1. The molecule has 1 saturated heterocycles. The fourth-order valence-corrected chi connectivity index (χ4v) is 4.16. The molecule has 0 atom stereocenters. The topological polar surface area (TPSA) is 49.1 Å². The average Bonchev–Trinajstić information content (AvgIpc) is 3.24. The maximum absolute atomic E-state index is 8.88. The molecule has 0 spiro atoms. The molecule has 0 unspecified atom stereocenters. The highest BCUT2D eigenvalue weighted by atomic mass is 16.5. The second-order valence-electron chi connectivity index (χ2n) is 7.36. The molecule has 2 fully saturated rings. The number of piperidine rings is 1. The van der Waals surface area contributed by atoms with Crippen LogP contribution in [0, 0.1) is 11.3 Å². The van der Waals surface area contributed by atoms with Crippen molar-refractivity contribution in [2.24, 2.45) is 0 Å². The summed E-state index contributed by atoms with van der Waals surface area (Å²) in [5.74, 6) is 0.849. The van der Waals surface area contributed by atoms with Gasteiger partial charge < -0.3 is 9.64 Å². The molecular formula is C22H25N3O. The van der Waals surface area contributed by atoms with Crippen LogP contribution in [0.25, 0.3) is 11.3 Å². The van der Waals surface area contributed by atoms with Crippen molar-refractivity contribution in [3.05, 3.63) is 48.2 Å². The largest absolute Gasteiger partial charge is 0.489 e. The quantitative estimate of drug-likeness (QED) is 0.822. The van der Waals surface area contributed by atoms with Gasteiger partial charge in [0, 0.05) is 24.7 Å². The van der Waals surface area contributed by atoms with E-state index in [1.54, 1.807) is 0 Å². The Hall–Kier alpha value is -2.38. The number of nitriles is 1. The third kappa shape index (κ3) is 3.89. The molecule has 0 radical (unpaired) electrons. The third-order valence-electron chi connectivity index (χ3n) is 5.67. The van der Waals surface area contributed by atoms with Gasteiger partial charge in [-0.1, -0.05) is 25.0 Å². The molecular weight excluding hydrogens is 322 g/mol. The Balaban J connectivity index is 1.32. The van der Waals surface area contributed by atoms with Gasteiger partial charge in [0.05, 0.1) is 23.5 Å². The number of pyridine rings is 1. The van der Waals surface area contributed by atoms with Crippen LogP contribution >= 0.6 is 0 Å². The van der Waals surface area contributed by atoms with Gasteiger partial charge in [0.2, 0.25) is 0 Å². The monoisotopic (exact) mass is 347 g/mol. The van der Waals surface area contributed by atoms with E-state index in [9.17, 15) is 0 Å². The van der Waals surface area contributed by atoms with Crippen LogP contribution in [0.15, 0.2) is 42.6 Å². The van der Waals surface area contributed by atoms with Crippen LogP contribution in [0.3, 0.4) is 0 Å². The maximum atomic E-state index is 8.88. The lowest BCUT2D eigenvalue weighted by Crippen LogP contribution is -2.43. The number of benzene rings is 1. The number of likely N-dealkylation sites (tertiary alicyclic amines) is 1. The van der Waals surface area contributed by atoms with Crippen molar-refractivity contribution >= 4 is 0 Å². The van der Waals surface area contributed by atoms with E-state index >= 15 is 0 Å². The summed E-state index contributed by atoms with van der Waals surface area (Å²) in [6.07, 6.45) is 9.89.